The topological polar surface area (TPSA) is 114 Å². The zero-order valence-corrected chi connectivity index (χ0v) is 40.5. The number of isocyanates is 2. The average Bonchev–Trinajstić information content (AvgIpc) is 0.687. The summed E-state index contributed by atoms with van der Waals surface area (Å²) in [5, 5.41) is 0.998. The summed E-state index contributed by atoms with van der Waals surface area (Å²) < 4.78 is 674. The number of alkyl halides is 47. The van der Waals surface area contributed by atoms with Crippen molar-refractivity contribution in [3.05, 3.63) is 22.8 Å². The lowest BCUT2D eigenvalue weighted by atomic mass is 9.81. The number of aryl methyl sites for hydroxylation is 1. The second kappa shape index (κ2) is 22.1. The van der Waals surface area contributed by atoms with Crippen LogP contribution in [0.15, 0.2) is 16.1 Å². The highest BCUT2D eigenvalue weighted by Gasteiger charge is 3.04. The van der Waals surface area contributed by atoms with Gasteiger partial charge >= 0.3 is 142 Å². The lowest BCUT2D eigenvalue weighted by Gasteiger charge is -2.47. The van der Waals surface area contributed by atoms with Crippen LogP contribution >= 0.6 is 0 Å². The molecule has 0 saturated carbocycles. The van der Waals surface area contributed by atoms with Crippen LogP contribution in [0.25, 0.3) is 0 Å². The van der Waals surface area contributed by atoms with Crippen molar-refractivity contribution in [1.29, 1.82) is 0 Å². The van der Waals surface area contributed by atoms with Crippen LogP contribution in [0.5, 0.6) is 0 Å². The number of amides is 1. The minimum atomic E-state index is -11.0. The standard InChI is InChI=1S/C36H10F47N3O5/c1-7-3-9(84-4-87)12(85-5-88)11(10(7)13(90)86-6-91-8(2)89)14(37,38)15(39,40)16(41,42)17(43,44)18(45,46)19(47,48)20(49,50)21(51,52)22(53,54)23(55,56)24(57,58)25(59,60)26(61,62)27(63,64)28(65,66)29(67,68)30(69,70)31(71,72)32(73,74)33(75,76)34(77,78)35(79,80)36(81,82)83/h3H,6H2,1-2H3,(H,86,90). The van der Waals surface area contributed by atoms with E-state index in [4.69, 9.17) is 0 Å². The highest BCUT2D eigenvalue weighted by Crippen LogP contribution is 2.73. The number of aliphatic imine (C=N–C) groups is 2. The maximum atomic E-state index is 15.8. The maximum Gasteiger partial charge on any atom is 0.460 e. The Morgan fingerprint density at radius 2 is 0.571 bits per heavy atom. The van der Waals surface area contributed by atoms with E-state index in [-0.39, 0.29) is 25.1 Å². The van der Waals surface area contributed by atoms with Gasteiger partial charge in [-0.15, -0.1) is 0 Å². The predicted molar refractivity (Wildman–Crippen MR) is 185 cm³/mol. The molecule has 0 aliphatic heterocycles. The lowest BCUT2D eigenvalue weighted by Crippen LogP contribution is -2.81. The van der Waals surface area contributed by atoms with Gasteiger partial charge in [0.2, 0.25) is 12.2 Å². The van der Waals surface area contributed by atoms with Gasteiger partial charge in [0, 0.05) is 6.92 Å². The van der Waals surface area contributed by atoms with Crippen LogP contribution in [0, 0.1) is 6.92 Å². The van der Waals surface area contributed by atoms with Crippen molar-refractivity contribution >= 4 is 35.4 Å². The van der Waals surface area contributed by atoms with Gasteiger partial charge in [-0.3, -0.25) is 9.59 Å². The molecule has 0 aliphatic rings. The Balaban J connectivity index is 4.40. The molecule has 0 fully saturated rings. The van der Waals surface area contributed by atoms with E-state index in [1.165, 1.54) is 0 Å². The largest absolute Gasteiger partial charge is 0.460 e. The van der Waals surface area contributed by atoms with E-state index in [0.717, 1.165) is 5.32 Å². The molecular weight excluding hydrogens is 1450 g/mol. The first-order valence-corrected chi connectivity index (χ1v) is 20.3. The second-order valence-electron chi connectivity index (χ2n) is 17.1. The van der Waals surface area contributed by atoms with E-state index in [1.807, 2.05) is 4.99 Å². The van der Waals surface area contributed by atoms with Gasteiger partial charge in [0.05, 0.1) is 11.1 Å². The molecule has 1 aromatic carbocycles. The first kappa shape index (κ1) is 82.6. The Morgan fingerprint density at radius 3 is 0.769 bits per heavy atom. The number of esters is 1. The van der Waals surface area contributed by atoms with Crippen molar-refractivity contribution in [3.8, 4) is 0 Å². The number of nitrogens with zero attached hydrogens (tertiary/aromatic N) is 2. The van der Waals surface area contributed by atoms with Crippen LogP contribution in [0.3, 0.4) is 0 Å². The van der Waals surface area contributed by atoms with E-state index in [2.05, 4.69) is 9.73 Å². The predicted octanol–water partition coefficient (Wildman–Crippen LogP) is 16.2. The summed E-state index contributed by atoms with van der Waals surface area (Å²) in [6.07, 6.45) is -8.49. The van der Waals surface area contributed by atoms with Gasteiger partial charge in [-0.25, -0.2) is 9.59 Å². The zero-order valence-electron chi connectivity index (χ0n) is 40.5. The van der Waals surface area contributed by atoms with Crippen LogP contribution in [0.1, 0.15) is 28.4 Å². The number of hydrogen-bond donors (Lipinski definition) is 1. The van der Waals surface area contributed by atoms with Crippen LogP contribution in [-0.4, -0.2) is 161 Å². The Bertz CT molecular complexity index is 3030. The second-order valence-corrected chi connectivity index (χ2v) is 17.1. The van der Waals surface area contributed by atoms with Crippen molar-refractivity contribution in [3.63, 3.8) is 0 Å². The lowest BCUT2D eigenvalue weighted by molar-refractivity contribution is -0.498. The van der Waals surface area contributed by atoms with E-state index in [1.54, 1.807) is 0 Å². The quantitative estimate of drug-likeness (QED) is 0.0310. The highest BCUT2D eigenvalue weighted by molar-refractivity contribution is 6.00. The molecule has 1 aromatic rings. The number of rotatable bonds is 27. The van der Waals surface area contributed by atoms with Crippen molar-refractivity contribution in [1.82, 2.24) is 5.32 Å². The molecule has 0 radical (unpaired) electrons. The van der Waals surface area contributed by atoms with E-state index in [9.17, 15) is 199 Å². The Hall–Kier alpha value is -6.37. The number of carbonyl (C=O) groups excluding carboxylic acids is 4. The molecule has 0 heterocycles. The fourth-order valence-corrected chi connectivity index (χ4v) is 6.25. The highest BCUT2D eigenvalue weighted by atomic mass is 19.4. The third-order valence-electron chi connectivity index (χ3n) is 11.5. The Labute approximate surface area is 461 Å². The maximum absolute atomic E-state index is 15.8. The molecule has 8 nitrogen and oxygen atoms in total. The van der Waals surface area contributed by atoms with E-state index >= 15 is 26.3 Å². The summed E-state index contributed by atoms with van der Waals surface area (Å²) in [6.45, 7) is -1.41. The molecule has 0 bridgehead atoms. The first-order chi connectivity index (χ1) is 39.1. The molecule has 1 amide bonds. The van der Waals surface area contributed by atoms with Crippen molar-refractivity contribution in [2.75, 3.05) is 6.73 Å². The smallest absolute Gasteiger partial charge is 0.445 e. The molecule has 0 unspecified atom stereocenters. The fraction of sp³-hybridized carbons (Fsp3) is 0.722. The Kier molecular flexibility index (Phi) is 20.1. The van der Waals surface area contributed by atoms with Crippen molar-refractivity contribution in [2.24, 2.45) is 9.98 Å². The SMILES string of the molecule is CC(=O)OCNC(=O)c1c(C)cc(N=C=O)c(N=C=O)c1C(F)(F)C(F)(F)C(F)(F)C(F)(F)C(F)(F)C(F)(F)C(F)(F)C(F)(F)C(F)(F)C(F)(F)C(F)(F)C(F)(F)C(F)(F)C(F)(F)C(F)(F)C(F)(F)C(F)(F)C(F)(F)C(F)(F)C(F)(F)C(F)(F)C(F)(F)C(F)(F)F. The van der Waals surface area contributed by atoms with Crippen molar-refractivity contribution in [2.45, 2.75) is 150 Å². The van der Waals surface area contributed by atoms with Gasteiger partial charge in [-0.05, 0) is 18.6 Å². The third-order valence-corrected chi connectivity index (χ3v) is 11.5. The average molecular weight is 1460 g/mol. The summed E-state index contributed by atoms with van der Waals surface area (Å²) in [5.74, 6) is -232. The molecule has 528 valence electrons. The molecule has 91 heavy (non-hydrogen) atoms. The summed E-state index contributed by atoms with van der Waals surface area (Å²) >= 11 is 0. The summed E-state index contributed by atoms with van der Waals surface area (Å²) in [5.41, 5.74) is -13.2. The van der Waals surface area contributed by atoms with Gasteiger partial charge in [-0.2, -0.15) is 216 Å². The molecular formula is C36H10F47N3O5. The molecule has 0 spiro atoms. The summed E-state index contributed by atoms with van der Waals surface area (Å²) in [4.78, 5) is 49.7. The number of carbonyl (C=O) groups is 2. The fourth-order valence-electron chi connectivity index (χ4n) is 6.25. The third kappa shape index (κ3) is 10.2. The number of benzene rings is 1. The number of hydrogen-bond acceptors (Lipinski definition) is 7. The van der Waals surface area contributed by atoms with Crippen LogP contribution in [0.2, 0.25) is 0 Å². The van der Waals surface area contributed by atoms with E-state index in [0.29, 0.717) is 6.92 Å². The monoisotopic (exact) mass is 1460 g/mol. The van der Waals surface area contributed by atoms with Gasteiger partial charge < -0.3 is 10.1 Å². The van der Waals surface area contributed by atoms with Crippen LogP contribution < -0.4 is 5.32 Å². The molecule has 0 aliphatic carbocycles. The minimum absolute atomic E-state index is 0.00713. The van der Waals surface area contributed by atoms with Crippen LogP contribution in [-0.2, 0) is 25.0 Å². The normalized spacial score (nSPS) is 15.9. The molecule has 0 aromatic heterocycles. The molecule has 0 saturated heterocycles. The minimum Gasteiger partial charge on any atom is -0.445 e. The molecule has 1 rings (SSSR count). The molecule has 0 atom stereocenters. The van der Waals surface area contributed by atoms with E-state index < -0.39 is 183 Å². The number of ether oxygens (including phenoxy) is 1. The van der Waals surface area contributed by atoms with Gasteiger partial charge in [0.15, 0.2) is 6.73 Å². The van der Waals surface area contributed by atoms with Crippen LogP contribution in [0.4, 0.5) is 218 Å². The van der Waals surface area contributed by atoms with Gasteiger partial charge in [-0.1, -0.05) is 0 Å². The summed E-state index contributed by atoms with van der Waals surface area (Å²) in [7, 11) is 0. The van der Waals surface area contributed by atoms with Gasteiger partial charge in [0.1, 0.15) is 11.4 Å². The Morgan fingerprint density at radius 1 is 0.363 bits per heavy atom. The number of halogens is 47. The van der Waals surface area contributed by atoms with Gasteiger partial charge in [0.25, 0.3) is 5.91 Å². The molecule has 1 N–H and O–H groups in total. The molecule has 55 heteroatoms. The zero-order chi connectivity index (χ0) is 74.2. The summed E-state index contributed by atoms with van der Waals surface area (Å²) in [6, 6.07) is -0.198. The first-order valence-electron chi connectivity index (χ1n) is 20.3. The number of nitrogens with one attached hydrogen (secondary N) is 1. The van der Waals surface area contributed by atoms with Crippen molar-refractivity contribution < 1.29 is 230 Å².